The molecule has 1 aliphatic carbocycles. The van der Waals surface area contributed by atoms with Crippen molar-refractivity contribution in [1.82, 2.24) is 25.0 Å². The van der Waals surface area contributed by atoms with Crippen LogP contribution in [0.1, 0.15) is 89.9 Å². The van der Waals surface area contributed by atoms with Crippen molar-refractivity contribution < 1.29 is 9.59 Å². The van der Waals surface area contributed by atoms with E-state index in [9.17, 15) is 9.59 Å². The molecule has 1 aromatic rings. The van der Waals surface area contributed by atoms with Crippen molar-refractivity contribution in [3.63, 3.8) is 0 Å². The van der Waals surface area contributed by atoms with Gasteiger partial charge in [-0.2, -0.15) is 5.10 Å². The number of piperidine rings is 1. The normalized spacial score (nSPS) is 20.1. The molecule has 162 valence electrons. The van der Waals surface area contributed by atoms with Gasteiger partial charge in [-0.1, -0.05) is 19.3 Å². The maximum Gasteiger partial charge on any atom is 0.244 e. The quantitative estimate of drug-likeness (QED) is 0.686. The number of amides is 2. The Kier molecular flexibility index (Phi) is 7.49. The van der Waals surface area contributed by atoms with Gasteiger partial charge in [-0.25, -0.2) is 0 Å². The first kappa shape index (κ1) is 22.0. The lowest BCUT2D eigenvalue weighted by atomic mass is 9.87. The molecule has 2 heterocycles. The van der Waals surface area contributed by atoms with Gasteiger partial charge in [0.1, 0.15) is 11.9 Å². The number of hydrogen-bond donors (Lipinski definition) is 2. The molecule has 8 heteroatoms. The zero-order valence-corrected chi connectivity index (χ0v) is 18.8. The van der Waals surface area contributed by atoms with Crippen molar-refractivity contribution in [2.45, 2.75) is 90.1 Å². The molecule has 29 heavy (non-hydrogen) atoms. The highest BCUT2D eigenvalue weighted by Gasteiger charge is 2.30. The van der Waals surface area contributed by atoms with E-state index in [4.69, 9.17) is 12.2 Å². The van der Waals surface area contributed by atoms with Crippen molar-refractivity contribution in [3.8, 4) is 0 Å². The second-order valence-electron chi connectivity index (χ2n) is 8.95. The SMILES string of the molecule is CC(NC(=O)CC1CCCCC1)C(=O)N1CCC(c2n[nH]c(=S)n2C(C)C)CC1. The van der Waals surface area contributed by atoms with E-state index in [1.165, 1.54) is 19.3 Å². The van der Waals surface area contributed by atoms with Crippen LogP contribution in [0, 0.1) is 10.7 Å². The summed E-state index contributed by atoms with van der Waals surface area (Å²) < 4.78 is 2.73. The first-order valence-electron chi connectivity index (χ1n) is 11.1. The van der Waals surface area contributed by atoms with Crippen molar-refractivity contribution in [3.05, 3.63) is 10.6 Å². The average molecular weight is 422 g/mol. The van der Waals surface area contributed by atoms with E-state index in [0.717, 1.165) is 31.5 Å². The summed E-state index contributed by atoms with van der Waals surface area (Å²) >= 11 is 5.36. The van der Waals surface area contributed by atoms with Crippen molar-refractivity contribution in [1.29, 1.82) is 0 Å². The van der Waals surface area contributed by atoms with E-state index < -0.39 is 6.04 Å². The third kappa shape index (κ3) is 5.47. The lowest BCUT2D eigenvalue weighted by Crippen LogP contribution is -2.49. The van der Waals surface area contributed by atoms with Crippen LogP contribution in [0.4, 0.5) is 0 Å². The molecule has 1 unspecified atom stereocenters. The van der Waals surface area contributed by atoms with Gasteiger partial charge in [0.15, 0.2) is 4.77 Å². The van der Waals surface area contributed by atoms with Crippen molar-refractivity contribution in [2.75, 3.05) is 13.1 Å². The largest absolute Gasteiger partial charge is 0.345 e. The number of aromatic nitrogens is 3. The minimum absolute atomic E-state index is 0.0140. The zero-order valence-electron chi connectivity index (χ0n) is 17.9. The molecule has 3 rings (SSSR count). The molecule has 2 aliphatic rings. The standard InChI is InChI=1S/C21H35N5O2S/c1-14(2)26-19(23-24-21(26)29)17-9-11-25(12-10-17)20(28)15(3)22-18(27)13-16-7-5-4-6-8-16/h14-17H,4-13H2,1-3H3,(H,22,27)(H,24,29). The Morgan fingerprint density at radius 2 is 1.79 bits per heavy atom. The number of aromatic amines is 1. The van der Waals surface area contributed by atoms with Crippen LogP contribution < -0.4 is 5.32 Å². The summed E-state index contributed by atoms with van der Waals surface area (Å²) in [6.45, 7) is 7.38. The molecule has 2 N–H and O–H groups in total. The van der Waals surface area contributed by atoms with Crippen LogP contribution in [0.2, 0.25) is 0 Å². The van der Waals surface area contributed by atoms with Crippen LogP contribution >= 0.6 is 12.2 Å². The van der Waals surface area contributed by atoms with E-state index in [2.05, 4.69) is 33.9 Å². The van der Waals surface area contributed by atoms with Gasteiger partial charge < -0.3 is 14.8 Å². The smallest absolute Gasteiger partial charge is 0.244 e. The molecule has 7 nitrogen and oxygen atoms in total. The van der Waals surface area contributed by atoms with Gasteiger partial charge in [0, 0.05) is 31.5 Å². The molecule has 1 saturated heterocycles. The molecule has 2 amide bonds. The predicted octanol–water partition coefficient (Wildman–Crippen LogP) is 3.70. The third-order valence-electron chi connectivity index (χ3n) is 6.37. The van der Waals surface area contributed by atoms with E-state index >= 15 is 0 Å². The molecule has 0 spiro atoms. The summed E-state index contributed by atoms with van der Waals surface area (Å²) in [4.78, 5) is 27.0. The molecular formula is C21H35N5O2S. The Labute approximate surface area is 178 Å². The van der Waals surface area contributed by atoms with Gasteiger partial charge in [0.25, 0.3) is 0 Å². The Balaban J connectivity index is 1.49. The molecule has 0 bridgehead atoms. The highest BCUT2D eigenvalue weighted by atomic mass is 32.1. The van der Waals surface area contributed by atoms with E-state index in [-0.39, 0.29) is 17.9 Å². The maximum absolute atomic E-state index is 12.8. The second kappa shape index (κ2) is 9.87. The molecule has 2 fully saturated rings. The first-order valence-corrected chi connectivity index (χ1v) is 11.5. The van der Waals surface area contributed by atoms with Crippen LogP contribution in [0.25, 0.3) is 0 Å². The third-order valence-corrected chi connectivity index (χ3v) is 6.65. The number of carbonyl (C=O) groups excluding carboxylic acids is 2. The van der Waals surface area contributed by atoms with Gasteiger partial charge in [0.05, 0.1) is 0 Å². The summed E-state index contributed by atoms with van der Waals surface area (Å²) in [5.41, 5.74) is 0. The number of nitrogens with one attached hydrogen (secondary N) is 2. The number of rotatable bonds is 6. The van der Waals surface area contributed by atoms with Crippen molar-refractivity contribution >= 4 is 24.0 Å². The van der Waals surface area contributed by atoms with Crippen molar-refractivity contribution in [2.24, 2.45) is 5.92 Å². The summed E-state index contributed by atoms with van der Waals surface area (Å²) in [6.07, 6.45) is 8.28. The number of nitrogens with zero attached hydrogens (tertiary/aromatic N) is 3. The highest BCUT2D eigenvalue weighted by Crippen LogP contribution is 2.29. The summed E-state index contributed by atoms with van der Waals surface area (Å²) in [7, 11) is 0. The highest BCUT2D eigenvalue weighted by molar-refractivity contribution is 7.71. The Morgan fingerprint density at radius 3 is 2.41 bits per heavy atom. The Morgan fingerprint density at radius 1 is 1.14 bits per heavy atom. The molecular weight excluding hydrogens is 386 g/mol. The van der Waals surface area contributed by atoms with E-state index in [0.29, 0.717) is 36.1 Å². The van der Waals surface area contributed by atoms with Crippen LogP contribution in [-0.2, 0) is 9.59 Å². The molecule has 1 saturated carbocycles. The summed E-state index contributed by atoms with van der Waals surface area (Å²) in [5.74, 6) is 1.80. The number of carbonyl (C=O) groups is 2. The van der Waals surface area contributed by atoms with Gasteiger partial charge >= 0.3 is 0 Å². The van der Waals surface area contributed by atoms with Gasteiger partial charge in [-0.3, -0.25) is 14.7 Å². The number of H-pyrrole nitrogens is 1. The molecule has 1 aromatic heterocycles. The van der Waals surface area contributed by atoms with Crippen LogP contribution in [0.3, 0.4) is 0 Å². The predicted molar refractivity (Wildman–Crippen MR) is 115 cm³/mol. The van der Waals surface area contributed by atoms with Crippen LogP contribution in [0.15, 0.2) is 0 Å². The first-order chi connectivity index (χ1) is 13.9. The minimum atomic E-state index is -0.465. The average Bonchev–Trinajstić information content (AvgIpc) is 3.10. The maximum atomic E-state index is 12.8. The second-order valence-corrected chi connectivity index (χ2v) is 9.33. The lowest BCUT2D eigenvalue weighted by Gasteiger charge is -2.33. The number of hydrogen-bond acceptors (Lipinski definition) is 4. The Bertz CT molecular complexity index is 757. The van der Waals surface area contributed by atoms with E-state index in [1.54, 1.807) is 6.92 Å². The lowest BCUT2D eigenvalue weighted by molar-refractivity contribution is -0.137. The monoisotopic (exact) mass is 421 g/mol. The van der Waals surface area contributed by atoms with Gasteiger partial charge in [0.2, 0.25) is 11.8 Å². The van der Waals surface area contributed by atoms with Gasteiger partial charge in [-0.05, 0) is 64.6 Å². The molecule has 1 atom stereocenters. The van der Waals surface area contributed by atoms with E-state index in [1.807, 2.05) is 4.90 Å². The molecule has 1 aliphatic heterocycles. The fourth-order valence-electron chi connectivity index (χ4n) is 4.75. The topological polar surface area (TPSA) is 83.0 Å². The summed E-state index contributed by atoms with van der Waals surface area (Å²) in [5, 5.41) is 10.3. The summed E-state index contributed by atoms with van der Waals surface area (Å²) in [6, 6.07) is -0.205. The molecule has 0 radical (unpaired) electrons. The fraction of sp³-hybridized carbons (Fsp3) is 0.810. The van der Waals surface area contributed by atoms with Gasteiger partial charge in [-0.15, -0.1) is 0 Å². The minimum Gasteiger partial charge on any atom is -0.345 e. The number of likely N-dealkylation sites (tertiary alicyclic amines) is 1. The molecule has 0 aromatic carbocycles. The van der Waals surface area contributed by atoms with Crippen LogP contribution in [0.5, 0.6) is 0 Å². The zero-order chi connectivity index (χ0) is 21.0. The Hall–Kier alpha value is -1.70. The fourth-order valence-corrected chi connectivity index (χ4v) is 5.10. The van der Waals surface area contributed by atoms with Crippen LogP contribution in [-0.4, -0.2) is 50.6 Å².